The van der Waals surface area contributed by atoms with E-state index in [-0.39, 0.29) is 0 Å². The molecule has 0 aromatic heterocycles. The largest absolute Gasteiger partial charge is 0.374 e. The maximum Gasteiger partial charge on any atom is 0.133 e. The molecule has 1 unspecified atom stereocenters. The average molecular weight is 179 g/mol. The number of aliphatic hydroxyl groups is 1. The van der Waals surface area contributed by atoms with Crippen LogP contribution in [0.2, 0.25) is 0 Å². The number of hydrogen-bond donors (Lipinski definition) is 1. The first-order valence-electron chi connectivity index (χ1n) is 4.58. The lowest BCUT2D eigenvalue weighted by Gasteiger charge is -2.27. The first-order valence-corrected chi connectivity index (χ1v) is 4.58. The van der Waals surface area contributed by atoms with Crippen molar-refractivity contribution in [3.05, 3.63) is 35.9 Å². The second-order valence-electron chi connectivity index (χ2n) is 3.54. The van der Waals surface area contributed by atoms with E-state index in [1.807, 2.05) is 42.3 Å². The van der Waals surface area contributed by atoms with Crippen LogP contribution in [0.25, 0.3) is 0 Å². The minimum atomic E-state index is -0.499. The lowest BCUT2D eigenvalue weighted by Crippen LogP contribution is -2.30. The summed E-state index contributed by atoms with van der Waals surface area (Å²) in [5, 5.41) is 9.89. The molecule has 0 radical (unpaired) electrons. The fraction of sp³-hybridized carbons (Fsp3) is 0.455. The van der Waals surface area contributed by atoms with E-state index in [9.17, 15) is 5.11 Å². The van der Waals surface area contributed by atoms with Crippen molar-refractivity contribution in [3.8, 4) is 0 Å². The molecule has 1 rings (SSSR count). The van der Waals surface area contributed by atoms with Gasteiger partial charge in [0, 0.05) is 6.04 Å². The maximum absolute atomic E-state index is 9.89. The molecule has 0 heterocycles. The van der Waals surface area contributed by atoms with Crippen LogP contribution in [-0.4, -0.2) is 23.1 Å². The smallest absolute Gasteiger partial charge is 0.133 e. The predicted molar refractivity (Wildman–Crippen MR) is 54.3 cm³/mol. The predicted octanol–water partition coefficient (Wildman–Crippen LogP) is 2.02. The van der Waals surface area contributed by atoms with E-state index in [1.54, 1.807) is 0 Å². The van der Waals surface area contributed by atoms with Gasteiger partial charge in [0.15, 0.2) is 0 Å². The molecule has 1 aromatic rings. The third-order valence-corrected chi connectivity index (χ3v) is 2.30. The monoisotopic (exact) mass is 179 g/mol. The lowest BCUT2D eigenvalue weighted by molar-refractivity contribution is 0.00104. The van der Waals surface area contributed by atoms with Gasteiger partial charge in [-0.05, 0) is 26.5 Å². The van der Waals surface area contributed by atoms with E-state index in [0.29, 0.717) is 6.04 Å². The van der Waals surface area contributed by atoms with E-state index in [4.69, 9.17) is 0 Å². The zero-order valence-corrected chi connectivity index (χ0v) is 8.44. The van der Waals surface area contributed by atoms with Crippen molar-refractivity contribution in [1.29, 1.82) is 0 Å². The van der Waals surface area contributed by atoms with Crippen LogP contribution in [0.1, 0.15) is 25.6 Å². The van der Waals surface area contributed by atoms with E-state index in [0.717, 1.165) is 5.56 Å². The molecule has 0 aliphatic rings. The van der Waals surface area contributed by atoms with Gasteiger partial charge in [-0.15, -0.1) is 0 Å². The van der Waals surface area contributed by atoms with Gasteiger partial charge >= 0.3 is 0 Å². The highest BCUT2D eigenvalue weighted by molar-refractivity contribution is 5.16. The summed E-state index contributed by atoms with van der Waals surface area (Å²) in [6, 6.07) is 10.0. The Morgan fingerprint density at radius 1 is 1.15 bits per heavy atom. The molecule has 0 aliphatic heterocycles. The molecule has 0 bridgehead atoms. The number of aliphatic hydroxyl groups excluding tert-OH is 1. The molecular formula is C11H17NO. The average Bonchev–Trinajstić information content (AvgIpc) is 2.17. The Labute approximate surface area is 79.8 Å². The molecule has 2 heteroatoms. The molecule has 1 aromatic carbocycles. The van der Waals surface area contributed by atoms with E-state index in [1.165, 1.54) is 0 Å². The summed E-state index contributed by atoms with van der Waals surface area (Å²) < 4.78 is 0. The second kappa shape index (κ2) is 4.40. The summed E-state index contributed by atoms with van der Waals surface area (Å²) in [4.78, 5) is 1.93. The van der Waals surface area contributed by atoms with Crippen LogP contribution in [0.5, 0.6) is 0 Å². The minimum Gasteiger partial charge on any atom is -0.374 e. The Morgan fingerprint density at radius 3 is 2.15 bits per heavy atom. The molecule has 0 spiro atoms. The van der Waals surface area contributed by atoms with Crippen molar-refractivity contribution in [1.82, 2.24) is 4.90 Å². The van der Waals surface area contributed by atoms with Gasteiger partial charge in [0.2, 0.25) is 0 Å². The Morgan fingerprint density at radius 2 is 1.69 bits per heavy atom. The summed E-state index contributed by atoms with van der Waals surface area (Å²) in [7, 11) is 1.92. The molecule has 13 heavy (non-hydrogen) atoms. The summed E-state index contributed by atoms with van der Waals surface area (Å²) in [6.07, 6.45) is -0.499. The standard InChI is InChI=1S/C11H17NO/c1-9(2)12(3)11(13)10-7-5-4-6-8-10/h4-9,11,13H,1-3H3. The van der Waals surface area contributed by atoms with Crippen LogP contribution in [-0.2, 0) is 0 Å². The van der Waals surface area contributed by atoms with Gasteiger partial charge in [-0.3, -0.25) is 4.90 Å². The van der Waals surface area contributed by atoms with Crippen molar-refractivity contribution >= 4 is 0 Å². The molecule has 0 aliphatic carbocycles. The quantitative estimate of drug-likeness (QED) is 0.717. The van der Waals surface area contributed by atoms with Gasteiger partial charge in [0.1, 0.15) is 6.23 Å². The van der Waals surface area contributed by atoms with Crippen LogP contribution in [0.3, 0.4) is 0 Å². The fourth-order valence-corrected chi connectivity index (χ4v) is 1.14. The first kappa shape index (κ1) is 10.2. The minimum absolute atomic E-state index is 0.343. The number of nitrogens with zero attached hydrogens (tertiary/aromatic N) is 1. The zero-order valence-electron chi connectivity index (χ0n) is 8.44. The third-order valence-electron chi connectivity index (χ3n) is 2.30. The Balaban J connectivity index is 2.73. The van der Waals surface area contributed by atoms with Crippen molar-refractivity contribution in [3.63, 3.8) is 0 Å². The molecule has 72 valence electrons. The van der Waals surface area contributed by atoms with Crippen LogP contribution in [0.4, 0.5) is 0 Å². The van der Waals surface area contributed by atoms with Crippen molar-refractivity contribution in [2.45, 2.75) is 26.1 Å². The van der Waals surface area contributed by atoms with Crippen molar-refractivity contribution in [2.24, 2.45) is 0 Å². The molecule has 1 N–H and O–H groups in total. The number of benzene rings is 1. The molecular weight excluding hydrogens is 162 g/mol. The molecule has 1 atom stereocenters. The molecule has 0 amide bonds. The molecule has 0 fully saturated rings. The maximum atomic E-state index is 9.89. The van der Waals surface area contributed by atoms with Crippen molar-refractivity contribution in [2.75, 3.05) is 7.05 Å². The van der Waals surface area contributed by atoms with E-state index < -0.39 is 6.23 Å². The van der Waals surface area contributed by atoms with Gasteiger partial charge in [0.05, 0.1) is 0 Å². The number of rotatable bonds is 3. The summed E-state index contributed by atoms with van der Waals surface area (Å²) in [5.74, 6) is 0. The second-order valence-corrected chi connectivity index (χ2v) is 3.54. The zero-order chi connectivity index (χ0) is 9.84. The summed E-state index contributed by atoms with van der Waals surface area (Å²) in [5.41, 5.74) is 0.943. The van der Waals surface area contributed by atoms with E-state index >= 15 is 0 Å². The van der Waals surface area contributed by atoms with Crippen LogP contribution in [0.15, 0.2) is 30.3 Å². The SMILES string of the molecule is CC(C)N(C)C(O)c1ccccc1. The fourth-order valence-electron chi connectivity index (χ4n) is 1.14. The topological polar surface area (TPSA) is 23.5 Å². The van der Waals surface area contributed by atoms with Crippen molar-refractivity contribution < 1.29 is 5.11 Å². The molecule has 2 nitrogen and oxygen atoms in total. The molecule has 0 saturated heterocycles. The summed E-state index contributed by atoms with van der Waals surface area (Å²) in [6.45, 7) is 4.12. The molecule has 0 saturated carbocycles. The first-order chi connectivity index (χ1) is 6.13. The van der Waals surface area contributed by atoms with Gasteiger partial charge in [-0.2, -0.15) is 0 Å². The lowest BCUT2D eigenvalue weighted by atomic mass is 10.1. The highest BCUT2D eigenvalue weighted by Gasteiger charge is 2.14. The van der Waals surface area contributed by atoms with Crippen LogP contribution in [0, 0.1) is 0 Å². The van der Waals surface area contributed by atoms with Crippen LogP contribution >= 0.6 is 0 Å². The Hall–Kier alpha value is -0.860. The highest BCUT2D eigenvalue weighted by Crippen LogP contribution is 2.17. The Kier molecular flexibility index (Phi) is 3.46. The third kappa shape index (κ3) is 2.54. The van der Waals surface area contributed by atoms with Gasteiger partial charge < -0.3 is 5.11 Å². The van der Waals surface area contributed by atoms with Gasteiger partial charge in [-0.25, -0.2) is 0 Å². The number of hydrogen-bond acceptors (Lipinski definition) is 2. The normalized spacial score (nSPS) is 13.7. The van der Waals surface area contributed by atoms with Gasteiger partial charge in [0.25, 0.3) is 0 Å². The van der Waals surface area contributed by atoms with E-state index in [2.05, 4.69) is 13.8 Å². The summed E-state index contributed by atoms with van der Waals surface area (Å²) >= 11 is 0. The van der Waals surface area contributed by atoms with Gasteiger partial charge in [-0.1, -0.05) is 30.3 Å². The van der Waals surface area contributed by atoms with Crippen LogP contribution < -0.4 is 0 Å². The highest BCUT2D eigenvalue weighted by atomic mass is 16.3. The Bertz CT molecular complexity index is 246.